The number of hydrogen-bond acceptors (Lipinski definition) is 7. The SMILES string of the molecule is Cc1ccc(C)c2sc(N3CCN(CCNC(=O)c4ccc(S(=O)(=O)N5CCCCCC5)cc4)CC3)nc12. The predicted octanol–water partition coefficient (Wildman–Crippen LogP) is 4.03. The Balaban J connectivity index is 1.09. The highest BCUT2D eigenvalue weighted by molar-refractivity contribution is 7.89. The first kappa shape index (κ1) is 27.1. The van der Waals surface area contributed by atoms with Gasteiger partial charge in [-0.2, -0.15) is 4.31 Å². The number of thiazole rings is 1. The number of nitrogens with one attached hydrogen (secondary N) is 1. The first-order valence-corrected chi connectivity index (χ1v) is 15.8. The molecule has 38 heavy (non-hydrogen) atoms. The van der Waals surface area contributed by atoms with E-state index in [-0.39, 0.29) is 10.8 Å². The molecule has 0 unspecified atom stereocenters. The summed E-state index contributed by atoms with van der Waals surface area (Å²) in [7, 11) is -3.51. The third kappa shape index (κ3) is 5.88. The van der Waals surface area contributed by atoms with Crippen molar-refractivity contribution < 1.29 is 13.2 Å². The van der Waals surface area contributed by atoms with Crippen LogP contribution in [0.2, 0.25) is 0 Å². The van der Waals surface area contributed by atoms with Gasteiger partial charge in [0.2, 0.25) is 10.0 Å². The van der Waals surface area contributed by atoms with Crippen LogP contribution >= 0.6 is 11.3 Å². The normalized spacial score (nSPS) is 18.0. The van der Waals surface area contributed by atoms with E-state index in [1.165, 1.54) is 15.8 Å². The maximum atomic E-state index is 13.0. The quantitative estimate of drug-likeness (QED) is 0.474. The van der Waals surface area contributed by atoms with Crippen molar-refractivity contribution in [3.8, 4) is 0 Å². The largest absolute Gasteiger partial charge is 0.351 e. The maximum absolute atomic E-state index is 13.0. The summed E-state index contributed by atoms with van der Waals surface area (Å²) in [6, 6.07) is 10.6. The Morgan fingerprint density at radius 1 is 0.895 bits per heavy atom. The van der Waals surface area contributed by atoms with Crippen LogP contribution in [0.4, 0.5) is 5.13 Å². The lowest BCUT2D eigenvalue weighted by molar-refractivity contribution is 0.0947. The van der Waals surface area contributed by atoms with Gasteiger partial charge in [-0.25, -0.2) is 13.4 Å². The molecule has 204 valence electrons. The van der Waals surface area contributed by atoms with Gasteiger partial charge in [-0.15, -0.1) is 0 Å². The molecule has 1 aromatic heterocycles. The van der Waals surface area contributed by atoms with Gasteiger partial charge in [0.05, 0.1) is 15.1 Å². The number of rotatable bonds is 7. The minimum Gasteiger partial charge on any atom is -0.351 e. The van der Waals surface area contributed by atoms with Gasteiger partial charge in [-0.05, 0) is 62.1 Å². The van der Waals surface area contributed by atoms with Gasteiger partial charge in [0, 0.05) is 57.9 Å². The van der Waals surface area contributed by atoms with E-state index in [4.69, 9.17) is 4.98 Å². The molecule has 1 amide bonds. The fraction of sp³-hybridized carbons (Fsp3) is 0.500. The number of amides is 1. The lowest BCUT2D eigenvalue weighted by atomic mass is 10.1. The molecule has 2 fully saturated rings. The van der Waals surface area contributed by atoms with Gasteiger partial charge >= 0.3 is 0 Å². The van der Waals surface area contributed by atoms with Crippen LogP contribution in [-0.4, -0.2) is 80.9 Å². The number of nitrogens with zero attached hydrogens (tertiary/aromatic N) is 4. The van der Waals surface area contributed by atoms with Crippen LogP contribution in [0.5, 0.6) is 0 Å². The Kier molecular flexibility index (Phi) is 8.32. The van der Waals surface area contributed by atoms with Crippen molar-refractivity contribution in [3.05, 3.63) is 53.1 Å². The van der Waals surface area contributed by atoms with Gasteiger partial charge < -0.3 is 10.2 Å². The van der Waals surface area contributed by atoms with E-state index in [0.29, 0.717) is 25.2 Å². The zero-order chi connectivity index (χ0) is 26.7. The second-order valence-corrected chi connectivity index (χ2v) is 13.2. The molecule has 0 spiro atoms. The summed E-state index contributed by atoms with van der Waals surface area (Å²) in [6.45, 7) is 10.4. The molecule has 0 radical (unpaired) electrons. The molecule has 10 heteroatoms. The molecule has 3 aromatic rings. The Labute approximate surface area is 229 Å². The summed E-state index contributed by atoms with van der Waals surface area (Å²) >= 11 is 1.78. The molecular formula is C28H37N5O3S2. The van der Waals surface area contributed by atoms with Crippen molar-refractivity contribution >= 4 is 42.6 Å². The van der Waals surface area contributed by atoms with E-state index in [1.54, 1.807) is 39.9 Å². The summed E-state index contributed by atoms with van der Waals surface area (Å²) in [5.74, 6) is -0.178. The number of aromatic nitrogens is 1. The summed E-state index contributed by atoms with van der Waals surface area (Å²) in [4.78, 5) is 22.6. The second kappa shape index (κ2) is 11.7. The van der Waals surface area contributed by atoms with Crippen LogP contribution in [-0.2, 0) is 10.0 Å². The van der Waals surface area contributed by atoms with Crippen molar-refractivity contribution in [2.75, 3.05) is 57.3 Å². The van der Waals surface area contributed by atoms with Crippen LogP contribution in [0.25, 0.3) is 10.2 Å². The third-order valence-electron chi connectivity index (χ3n) is 7.61. The zero-order valence-corrected chi connectivity index (χ0v) is 23.9. The maximum Gasteiger partial charge on any atom is 0.251 e. The minimum absolute atomic E-state index is 0.178. The summed E-state index contributed by atoms with van der Waals surface area (Å²) < 4.78 is 28.8. The summed E-state index contributed by atoms with van der Waals surface area (Å²) in [5.41, 5.74) is 4.09. The monoisotopic (exact) mass is 555 g/mol. The molecule has 0 aliphatic carbocycles. The molecule has 0 bridgehead atoms. The summed E-state index contributed by atoms with van der Waals surface area (Å²) in [6.07, 6.45) is 3.94. The van der Waals surface area contributed by atoms with Crippen LogP contribution < -0.4 is 10.2 Å². The number of anilines is 1. The first-order valence-electron chi connectivity index (χ1n) is 13.6. The fourth-order valence-electron chi connectivity index (χ4n) is 5.19. The van der Waals surface area contributed by atoms with E-state index in [9.17, 15) is 13.2 Å². The highest BCUT2D eigenvalue weighted by Gasteiger charge is 2.25. The Bertz CT molecular complexity index is 1330. The number of carbonyl (C=O) groups is 1. The number of hydrogen-bond donors (Lipinski definition) is 1. The van der Waals surface area contributed by atoms with Gasteiger partial charge in [0.1, 0.15) is 0 Å². The molecule has 2 aliphatic rings. The molecule has 8 nitrogen and oxygen atoms in total. The number of benzene rings is 2. The van der Waals surface area contributed by atoms with Crippen LogP contribution in [0.15, 0.2) is 41.3 Å². The number of carbonyl (C=O) groups excluding carboxylic acids is 1. The highest BCUT2D eigenvalue weighted by atomic mass is 32.2. The van der Waals surface area contributed by atoms with Crippen molar-refractivity contribution in [1.82, 2.24) is 19.5 Å². The molecule has 2 aromatic carbocycles. The lowest BCUT2D eigenvalue weighted by Gasteiger charge is -2.34. The molecule has 0 atom stereocenters. The van der Waals surface area contributed by atoms with E-state index in [1.807, 2.05) is 0 Å². The molecule has 5 rings (SSSR count). The molecule has 2 saturated heterocycles. The highest BCUT2D eigenvalue weighted by Crippen LogP contribution is 2.33. The minimum atomic E-state index is -3.51. The van der Waals surface area contributed by atoms with Crippen molar-refractivity contribution in [3.63, 3.8) is 0 Å². The summed E-state index contributed by atoms with van der Waals surface area (Å²) in [5, 5.41) is 4.07. The second-order valence-electron chi connectivity index (χ2n) is 10.3. The van der Waals surface area contributed by atoms with Gasteiger partial charge in [-0.1, -0.05) is 36.3 Å². The van der Waals surface area contributed by atoms with Crippen LogP contribution in [0.3, 0.4) is 0 Å². The van der Waals surface area contributed by atoms with E-state index < -0.39 is 10.0 Å². The average Bonchev–Trinajstić information content (AvgIpc) is 3.20. The van der Waals surface area contributed by atoms with Crippen LogP contribution in [0, 0.1) is 13.8 Å². The molecule has 0 saturated carbocycles. The number of fused-ring (bicyclic) bond motifs is 1. The molecule has 3 heterocycles. The Hall–Kier alpha value is -2.53. The molecule has 2 aliphatic heterocycles. The van der Waals surface area contributed by atoms with Crippen molar-refractivity contribution in [2.24, 2.45) is 0 Å². The van der Waals surface area contributed by atoms with E-state index >= 15 is 0 Å². The molecule has 1 N–H and O–H groups in total. The van der Waals surface area contributed by atoms with Crippen LogP contribution in [0.1, 0.15) is 47.2 Å². The van der Waals surface area contributed by atoms with Crippen molar-refractivity contribution in [2.45, 2.75) is 44.4 Å². The van der Waals surface area contributed by atoms with E-state index in [0.717, 1.165) is 69.1 Å². The Morgan fingerprint density at radius 2 is 1.55 bits per heavy atom. The van der Waals surface area contributed by atoms with Gasteiger partial charge in [-0.3, -0.25) is 9.69 Å². The number of sulfonamides is 1. The Morgan fingerprint density at radius 3 is 2.21 bits per heavy atom. The van der Waals surface area contributed by atoms with Gasteiger partial charge in [0.15, 0.2) is 5.13 Å². The predicted molar refractivity (Wildman–Crippen MR) is 154 cm³/mol. The zero-order valence-electron chi connectivity index (χ0n) is 22.3. The smallest absolute Gasteiger partial charge is 0.251 e. The number of piperazine rings is 1. The fourth-order valence-corrected chi connectivity index (χ4v) is 7.87. The van der Waals surface area contributed by atoms with E-state index in [2.05, 4.69) is 41.1 Å². The lowest BCUT2D eigenvalue weighted by Crippen LogP contribution is -2.48. The van der Waals surface area contributed by atoms with Gasteiger partial charge in [0.25, 0.3) is 5.91 Å². The van der Waals surface area contributed by atoms with Crippen molar-refractivity contribution in [1.29, 1.82) is 0 Å². The standard InChI is InChI=1S/C28H37N5O3S2/c1-21-7-8-22(2)26-25(21)30-28(37-26)32-19-17-31(18-20-32)16-13-29-27(34)23-9-11-24(12-10-23)38(35,36)33-14-5-3-4-6-15-33/h7-12H,3-6,13-20H2,1-2H3,(H,29,34). The molecular weight excluding hydrogens is 518 g/mol. The number of aryl methyl sites for hydroxylation is 2. The average molecular weight is 556 g/mol. The first-order chi connectivity index (χ1) is 18.3. The topological polar surface area (TPSA) is 85.8 Å². The third-order valence-corrected chi connectivity index (χ3v) is 10.8.